The van der Waals surface area contributed by atoms with E-state index in [1.54, 1.807) is 6.07 Å². The first-order valence-electron chi connectivity index (χ1n) is 6.50. The van der Waals surface area contributed by atoms with Gasteiger partial charge >= 0.3 is 0 Å². The van der Waals surface area contributed by atoms with Crippen LogP contribution in [0.4, 0.5) is 5.69 Å². The Bertz CT molecular complexity index is 528. The summed E-state index contributed by atoms with van der Waals surface area (Å²) in [5, 5.41) is 0. The quantitative estimate of drug-likeness (QED) is 0.605. The van der Waals surface area contributed by atoms with E-state index in [9.17, 15) is 8.42 Å². The van der Waals surface area contributed by atoms with Gasteiger partial charge in [-0.05, 0) is 24.8 Å². The second kappa shape index (κ2) is 5.85. The van der Waals surface area contributed by atoms with Crippen LogP contribution in [0.1, 0.15) is 26.2 Å². The summed E-state index contributed by atoms with van der Waals surface area (Å²) in [7, 11) is -3.54. The molecule has 106 valence electrons. The second-order valence-corrected chi connectivity index (χ2v) is 6.68. The Labute approximate surface area is 114 Å². The summed E-state index contributed by atoms with van der Waals surface area (Å²) < 4.78 is 26.7. The number of pyridine rings is 1. The van der Waals surface area contributed by atoms with E-state index >= 15 is 0 Å². The maximum Gasteiger partial charge on any atom is 0.246 e. The van der Waals surface area contributed by atoms with E-state index in [2.05, 4.69) is 10.4 Å². The molecule has 1 aliphatic rings. The summed E-state index contributed by atoms with van der Waals surface area (Å²) in [6.45, 7) is 2.89. The van der Waals surface area contributed by atoms with Crippen LogP contribution in [0.25, 0.3) is 0 Å². The van der Waals surface area contributed by atoms with Crippen molar-refractivity contribution >= 4 is 15.7 Å². The SMILES string of the molecule is CCN(CC1CCC1)S(=O)(=O)c1cnccc1NN. The Kier molecular flexibility index (Phi) is 4.38. The molecule has 0 unspecified atom stereocenters. The van der Waals surface area contributed by atoms with Crippen LogP contribution in [0.3, 0.4) is 0 Å². The molecule has 2 rings (SSSR count). The van der Waals surface area contributed by atoms with Gasteiger partial charge in [0.2, 0.25) is 10.0 Å². The minimum atomic E-state index is -3.54. The molecule has 6 nitrogen and oxygen atoms in total. The number of anilines is 1. The van der Waals surface area contributed by atoms with E-state index in [1.165, 1.54) is 23.1 Å². The number of nitrogens with two attached hydrogens (primary N) is 1. The standard InChI is InChI=1S/C12H20N4O2S/c1-2-16(9-10-4-3-5-10)19(17,18)12-8-14-7-6-11(12)15-13/h6-8,10H,2-5,9,13H2,1H3,(H,14,15). The Morgan fingerprint density at radius 3 is 2.79 bits per heavy atom. The zero-order chi connectivity index (χ0) is 13.9. The van der Waals surface area contributed by atoms with Crippen LogP contribution in [0.2, 0.25) is 0 Å². The van der Waals surface area contributed by atoms with Crippen LogP contribution in [-0.2, 0) is 10.0 Å². The summed E-state index contributed by atoms with van der Waals surface area (Å²) in [6.07, 6.45) is 6.28. The lowest BCUT2D eigenvalue weighted by atomic mass is 9.85. The number of sulfonamides is 1. The number of aromatic nitrogens is 1. The molecule has 0 saturated heterocycles. The minimum Gasteiger partial charge on any atom is -0.323 e. The monoisotopic (exact) mass is 284 g/mol. The van der Waals surface area contributed by atoms with Crippen molar-refractivity contribution in [2.24, 2.45) is 11.8 Å². The third kappa shape index (κ3) is 2.88. The van der Waals surface area contributed by atoms with E-state index in [0.29, 0.717) is 24.7 Å². The lowest BCUT2D eigenvalue weighted by Crippen LogP contribution is -2.37. The maximum absolute atomic E-state index is 12.6. The summed E-state index contributed by atoms with van der Waals surface area (Å²) in [4.78, 5) is 4.03. The number of nitrogen functional groups attached to an aromatic ring is 1. The first-order chi connectivity index (χ1) is 9.09. The topological polar surface area (TPSA) is 88.3 Å². The lowest BCUT2D eigenvalue weighted by molar-refractivity contribution is 0.250. The fourth-order valence-electron chi connectivity index (χ4n) is 2.20. The molecule has 7 heteroatoms. The Balaban J connectivity index is 2.28. The highest BCUT2D eigenvalue weighted by molar-refractivity contribution is 7.89. The van der Waals surface area contributed by atoms with Gasteiger partial charge in [0.1, 0.15) is 4.90 Å². The molecule has 1 saturated carbocycles. The average Bonchev–Trinajstić information content (AvgIpc) is 2.37. The van der Waals surface area contributed by atoms with Gasteiger partial charge in [-0.25, -0.2) is 8.42 Å². The van der Waals surface area contributed by atoms with Crippen LogP contribution in [0.5, 0.6) is 0 Å². The number of hydrogen-bond acceptors (Lipinski definition) is 5. The van der Waals surface area contributed by atoms with Crippen LogP contribution in [0.15, 0.2) is 23.4 Å². The van der Waals surface area contributed by atoms with E-state index in [0.717, 1.165) is 12.8 Å². The van der Waals surface area contributed by atoms with Gasteiger partial charge in [0.05, 0.1) is 5.69 Å². The largest absolute Gasteiger partial charge is 0.323 e. The highest BCUT2D eigenvalue weighted by atomic mass is 32.2. The fraction of sp³-hybridized carbons (Fsp3) is 0.583. The van der Waals surface area contributed by atoms with Gasteiger partial charge in [0, 0.05) is 25.5 Å². The molecular formula is C12H20N4O2S. The highest BCUT2D eigenvalue weighted by Crippen LogP contribution is 2.30. The molecule has 1 aromatic rings. The molecule has 0 aromatic carbocycles. The van der Waals surface area contributed by atoms with E-state index in [1.807, 2.05) is 6.92 Å². The molecule has 19 heavy (non-hydrogen) atoms. The van der Waals surface area contributed by atoms with Gasteiger partial charge in [0.15, 0.2) is 0 Å². The van der Waals surface area contributed by atoms with Crippen molar-refractivity contribution in [2.75, 3.05) is 18.5 Å². The molecule has 0 radical (unpaired) electrons. The van der Waals surface area contributed by atoms with Crippen LogP contribution in [-0.4, -0.2) is 30.8 Å². The normalized spacial score (nSPS) is 16.4. The summed E-state index contributed by atoms with van der Waals surface area (Å²) in [5.74, 6) is 5.85. The molecule has 1 aromatic heterocycles. The van der Waals surface area contributed by atoms with Gasteiger partial charge in [0.25, 0.3) is 0 Å². The molecule has 0 aliphatic heterocycles. The molecule has 0 atom stereocenters. The van der Waals surface area contributed by atoms with Gasteiger partial charge < -0.3 is 5.43 Å². The van der Waals surface area contributed by atoms with Crippen molar-refractivity contribution in [1.29, 1.82) is 0 Å². The first kappa shape index (κ1) is 14.2. The summed E-state index contributed by atoms with van der Waals surface area (Å²) in [5.41, 5.74) is 2.79. The summed E-state index contributed by atoms with van der Waals surface area (Å²) >= 11 is 0. The molecule has 0 amide bonds. The van der Waals surface area contributed by atoms with Gasteiger partial charge in [-0.1, -0.05) is 13.3 Å². The van der Waals surface area contributed by atoms with E-state index in [4.69, 9.17) is 5.84 Å². The molecule has 0 spiro atoms. The Morgan fingerprint density at radius 1 is 1.53 bits per heavy atom. The molecule has 1 aliphatic carbocycles. The molecule has 1 heterocycles. The molecule has 0 bridgehead atoms. The number of hydrogen-bond donors (Lipinski definition) is 2. The summed E-state index contributed by atoms with van der Waals surface area (Å²) in [6, 6.07) is 1.56. The zero-order valence-electron chi connectivity index (χ0n) is 11.0. The Morgan fingerprint density at radius 2 is 2.26 bits per heavy atom. The number of hydrazine groups is 1. The zero-order valence-corrected chi connectivity index (χ0v) is 11.9. The molecule has 3 N–H and O–H groups in total. The second-order valence-electron chi connectivity index (χ2n) is 4.77. The van der Waals surface area contributed by atoms with Gasteiger partial charge in [-0.3, -0.25) is 10.8 Å². The van der Waals surface area contributed by atoms with Crippen molar-refractivity contribution in [3.05, 3.63) is 18.5 Å². The molecule has 1 fully saturated rings. The predicted molar refractivity (Wildman–Crippen MR) is 73.8 cm³/mol. The van der Waals surface area contributed by atoms with E-state index in [-0.39, 0.29) is 4.90 Å². The van der Waals surface area contributed by atoms with Crippen molar-refractivity contribution in [3.8, 4) is 0 Å². The van der Waals surface area contributed by atoms with Gasteiger partial charge in [-0.15, -0.1) is 0 Å². The number of nitrogens with one attached hydrogen (secondary N) is 1. The van der Waals surface area contributed by atoms with Gasteiger partial charge in [-0.2, -0.15) is 4.31 Å². The average molecular weight is 284 g/mol. The van der Waals surface area contributed by atoms with Crippen molar-refractivity contribution < 1.29 is 8.42 Å². The first-order valence-corrected chi connectivity index (χ1v) is 7.94. The fourth-order valence-corrected chi connectivity index (χ4v) is 3.83. The maximum atomic E-state index is 12.6. The van der Waals surface area contributed by atoms with Crippen LogP contribution in [0, 0.1) is 5.92 Å². The van der Waals surface area contributed by atoms with Crippen molar-refractivity contribution in [2.45, 2.75) is 31.1 Å². The number of nitrogens with zero attached hydrogens (tertiary/aromatic N) is 2. The van der Waals surface area contributed by atoms with E-state index < -0.39 is 10.0 Å². The predicted octanol–water partition coefficient (Wildman–Crippen LogP) is 1.18. The van der Waals surface area contributed by atoms with Crippen molar-refractivity contribution in [1.82, 2.24) is 9.29 Å². The number of rotatable bonds is 6. The third-order valence-corrected chi connectivity index (χ3v) is 5.57. The molecular weight excluding hydrogens is 264 g/mol. The lowest BCUT2D eigenvalue weighted by Gasteiger charge is -2.31. The van der Waals surface area contributed by atoms with Crippen LogP contribution < -0.4 is 11.3 Å². The Hall–Kier alpha value is -1.18. The smallest absolute Gasteiger partial charge is 0.246 e. The highest BCUT2D eigenvalue weighted by Gasteiger charge is 2.30. The van der Waals surface area contributed by atoms with Crippen LogP contribution >= 0.6 is 0 Å². The minimum absolute atomic E-state index is 0.138. The third-order valence-electron chi connectivity index (χ3n) is 3.60. The van der Waals surface area contributed by atoms with Crippen molar-refractivity contribution in [3.63, 3.8) is 0 Å².